The van der Waals surface area contributed by atoms with E-state index in [9.17, 15) is 23.2 Å². The van der Waals surface area contributed by atoms with Crippen molar-refractivity contribution in [1.29, 1.82) is 0 Å². The van der Waals surface area contributed by atoms with Crippen LogP contribution in [0.1, 0.15) is 61.9 Å². The number of aryl methyl sites for hydroxylation is 1. The number of carbonyl (C=O) groups excluding carboxylic acids is 3. The van der Waals surface area contributed by atoms with Crippen LogP contribution in [0.15, 0.2) is 73.3 Å². The molecule has 2 aliphatic heterocycles. The molecule has 0 spiro atoms. The lowest BCUT2D eigenvalue weighted by molar-refractivity contribution is 0.0908. The largest absolute Gasteiger partial charge is 0.450 e. The predicted molar refractivity (Wildman–Crippen MR) is 235 cm³/mol. The van der Waals surface area contributed by atoms with Crippen molar-refractivity contribution >= 4 is 52.2 Å². The van der Waals surface area contributed by atoms with Gasteiger partial charge in [-0.05, 0) is 125 Å². The van der Waals surface area contributed by atoms with Crippen molar-refractivity contribution in [1.82, 2.24) is 39.7 Å². The first-order valence-electron chi connectivity index (χ1n) is 20.8. The van der Waals surface area contributed by atoms with E-state index in [2.05, 4.69) is 29.9 Å². The zero-order valence-corrected chi connectivity index (χ0v) is 35.3. The number of amides is 2. The third-order valence-electron chi connectivity index (χ3n) is 10.7. The SMILES string of the molecule is CCOC(=O)N1CCC(CCc2cc(F)cc(-c3ccc4ncnc(N)c4n3)c2)CC1.CCOC(=O)N1CCC(N)CC1.Nc1ncnc2ccc(-c3cc(F)cc(C=O)c3)nc12. The van der Waals surface area contributed by atoms with E-state index in [0.29, 0.717) is 88.9 Å². The Morgan fingerprint density at radius 3 is 1.70 bits per heavy atom. The van der Waals surface area contributed by atoms with E-state index in [1.165, 1.54) is 24.8 Å². The van der Waals surface area contributed by atoms with Gasteiger partial charge in [-0.25, -0.2) is 48.3 Å². The van der Waals surface area contributed by atoms with Gasteiger partial charge in [0.25, 0.3) is 0 Å². The van der Waals surface area contributed by atoms with Gasteiger partial charge >= 0.3 is 12.2 Å². The summed E-state index contributed by atoms with van der Waals surface area (Å²) in [7, 11) is 0. The molecule has 2 fully saturated rings. The number of aldehydes is 1. The molecule has 0 unspecified atom stereocenters. The van der Waals surface area contributed by atoms with Crippen LogP contribution >= 0.6 is 0 Å². The molecule has 0 radical (unpaired) electrons. The maximum absolute atomic E-state index is 14.3. The van der Waals surface area contributed by atoms with E-state index < -0.39 is 5.82 Å². The minimum absolute atomic E-state index is 0.204. The second kappa shape index (κ2) is 21.7. The molecule has 0 atom stereocenters. The Morgan fingerprint density at radius 2 is 1.19 bits per heavy atom. The van der Waals surface area contributed by atoms with Crippen molar-refractivity contribution in [2.75, 3.05) is 50.9 Å². The average molecular weight is 864 g/mol. The Labute approximate surface area is 363 Å². The Morgan fingerprint density at radius 1 is 0.698 bits per heavy atom. The number of likely N-dealkylation sites (tertiary alicyclic amines) is 2. The fourth-order valence-electron chi connectivity index (χ4n) is 7.30. The summed E-state index contributed by atoms with van der Waals surface area (Å²) < 4.78 is 37.7. The van der Waals surface area contributed by atoms with Crippen molar-refractivity contribution in [3.8, 4) is 22.5 Å². The maximum Gasteiger partial charge on any atom is 0.409 e. The van der Waals surface area contributed by atoms with Gasteiger partial charge in [-0.2, -0.15) is 0 Å². The molecule has 6 N–H and O–H groups in total. The number of hydrogen-bond acceptors (Lipinski definition) is 14. The molecule has 0 aliphatic carbocycles. The third-order valence-corrected chi connectivity index (χ3v) is 10.7. The Bertz CT molecular complexity index is 2530. The third kappa shape index (κ3) is 12.3. The number of nitrogens with two attached hydrogens (primary N) is 3. The van der Waals surface area contributed by atoms with Crippen molar-refractivity contribution in [3.63, 3.8) is 0 Å². The molecule has 6 aromatic rings. The summed E-state index contributed by atoms with van der Waals surface area (Å²) in [6.07, 6.45) is 8.28. The van der Waals surface area contributed by atoms with Crippen LogP contribution in [0.2, 0.25) is 0 Å². The molecule has 4 aromatic heterocycles. The van der Waals surface area contributed by atoms with Gasteiger partial charge in [0.1, 0.15) is 41.6 Å². The highest BCUT2D eigenvalue weighted by molar-refractivity contribution is 5.87. The second-order valence-corrected chi connectivity index (χ2v) is 15.1. The molecule has 6 heterocycles. The number of rotatable bonds is 8. The Balaban J connectivity index is 0.000000176. The van der Waals surface area contributed by atoms with Gasteiger partial charge in [-0.1, -0.05) is 0 Å². The van der Waals surface area contributed by atoms with Crippen LogP contribution < -0.4 is 17.2 Å². The molecule has 8 rings (SSSR count). The number of carbonyl (C=O) groups is 3. The summed E-state index contributed by atoms with van der Waals surface area (Å²) in [6.45, 7) is 7.36. The fourth-order valence-corrected chi connectivity index (χ4v) is 7.30. The molecule has 2 amide bonds. The highest BCUT2D eigenvalue weighted by Crippen LogP contribution is 2.28. The molecule has 18 heteroatoms. The second-order valence-electron chi connectivity index (χ2n) is 15.1. The summed E-state index contributed by atoms with van der Waals surface area (Å²) in [5.41, 5.74) is 23.1. The summed E-state index contributed by atoms with van der Waals surface area (Å²) in [5, 5.41) is 0. The number of fused-ring (bicyclic) bond motifs is 2. The van der Waals surface area contributed by atoms with Crippen molar-refractivity contribution in [3.05, 3.63) is 96.1 Å². The first-order chi connectivity index (χ1) is 30.4. The van der Waals surface area contributed by atoms with Gasteiger partial charge < -0.3 is 36.5 Å². The molecular weight excluding hydrogens is 813 g/mol. The number of pyridine rings is 2. The van der Waals surface area contributed by atoms with Crippen molar-refractivity contribution in [2.45, 2.75) is 58.4 Å². The fraction of sp³-hybridized carbons (Fsp3) is 0.356. The number of aromatic nitrogens is 6. The monoisotopic (exact) mass is 863 g/mol. The molecule has 16 nitrogen and oxygen atoms in total. The van der Waals surface area contributed by atoms with Crippen LogP contribution in [0.25, 0.3) is 44.6 Å². The molecule has 2 aromatic carbocycles. The van der Waals surface area contributed by atoms with Crippen LogP contribution in [0.4, 0.5) is 30.0 Å². The molecule has 330 valence electrons. The topological polar surface area (TPSA) is 232 Å². The average Bonchev–Trinajstić information content (AvgIpc) is 3.29. The molecule has 2 aliphatic rings. The van der Waals surface area contributed by atoms with Crippen LogP contribution in [0.3, 0.4) is 0 Å². The molecule has 0 saturated carbocycles. The van der Waals surface area contributed by atoms with Crippen molar-refractivity contribution in [2.24, 2.45) is 11.7 Å². The van der Waals surface area contributed by atoms with Gasteiger partial charge in [0, 0.05) is 48.9 Å². The highest BCUT2D eigenvalue weighted by Gasteiger charge is 2.24. The predicted octanol–water partition coefficient (Wildman–Crippen LogP) is 7.01. The number of hydrogen-bond donors (Lipinski definition) is 3. The zero-order chi connectivity index (χ0) is 44.9. The van der Waals surface area contributed by atoms with E-state index in [1.54, 1.807) is 34.1 Å². The maximum atomic E-state index is 14.3. The van der Waals surface area contributed by atoms with Gasteiger partial charge in [0.2, 0.25) is 0 Å². The van der Waals surface area contributed by atoms with Crippen molar-refractivity contribution < 1.29 is 32.6 Å². The quantitative estimate of drug-likeness (QED) is 0.131. The van der Waals surface area contributed by atoms with E-state index in [0.717, 1.165) is 63.2 Å². The standard InChI is InChI=1S/C23H26FN5O2.C14H9FN4O.C8H16N2O2/c1-2-31-23(30)29-9-7-15(8-10-29)3-4-16-11-17(13-18(24)12-16)19-5-6-20-21(28-19)22(25)27-14-26-20;15-10-4-8(6-20)3-9(5-10)11-1-2-12-13(19-11)14(16)18-7-17-12;1-2-12-8(11)10-5-3-7(9)4-6-10/h5-6,11-15H,2-4,7-10H2,1H3,(H2,25,26,27);1-7H,(H2,16,17,18);7H,2-6,9H2,1H3. The smallest absolute Gasteiger partial charge is 0.409 e. The summed E-state index contributed by atoms with van der Waals surface area (Å²) >= 11 is 0. The molecule has 0 bridgehead atoms. The lowest BCUT2D eigenvalue weighted by Gasteiger charge is -2.31. The number of piperidine rings is 2. The summed E-state index contributed by atoms with van der Waals surface area (Å²) in [6, 6.07) is 16.4. The number of ether oxygens (including phenoxy) is 2. The van der Waals surface area contributed by atoms with Gasteiger partial charge in [-0.3, -0.25) is 4.79 Å². The lowest BCUT2D eigenvalue weighted by atomic mass is 9.90. The first kappa shape index (κ1) is 45.6. The lowest BCUT2D eigenvalue weighted by Crippen LogP contribution is -2.43. The Hall–Kier alpha value is -6.95. The number of halogens is 2. The summed E-state index contributed by atoms with van der Waals surface area (Å²) in [5.74, 6) is 0.280. The van der Waals surface area contributed by atoms with Crippen LogP contribution in [-0.2, 0) is 15.9 Å². The molecule has 63 heavy (non-hydrogen) atoms. The number of benzene rings is 2. The molecular formula is C45H51F2N11O5. The molecule has 2 saturated heterocycles. The van der Waals surface area contributed by atoms with Crippen LogP contribution in [0, 0.1) is 17.6 Å². The van der Waals surface area contributed by atoms with E-state index in [-0.39, 0.29) is 35.4 Å². The number of anilines is 2. The summed E-state index contributed by atoms with van der Waals surface area (Å²) in [4.78, 5) is 62.2. The van der Waals surface area contributed by atoms with E-state index in [4.69, 9.17) is 26.7 Å². The zero-order valence-electron chi connectivity index (χ0n) is 35.3. The van der Waals surface area contributed by atoms with Gasteiger partial charge in [-0.15, -0.1) is 0 Å². The van der Waals surface area contributed by atoms with Crippen LogP contribution in [0.5, 0.6) is 0 Å². The highest BCUT2D eigenvalue weighted by atomic mass is 19.1. The minimum atomic E-state index is -0.496. The normalized spacial score (nSPS) is 14.3. The van der Waals surface area contributed by atoms with E-state index in [1.807, 2.05) is 32.0 Å². The van der Waals surface area contributed by atoms with Crippen LogP contribution in [-0.4, -0.2) is 104 Å². The van der Waals surface area contributed by atoms with E-state index >= 15 is 0 Å². The number of nitrogen functional groups attached to an aromatic ring is 2. The van der Waals surface area contributed by atoms with Gasteiger partial charge in [0.15, 0.2) is 11.6 Å². The minimum Gasteiger partial charge on any atom is -0.450 e. The first-order valence-corrected chi connectivity index (χ1v) is 20.8. The van der Waals surface area contributed by atoms with Gasteiger partial charge in [0.05, 0.1) is 35.6 Å². The number of nitrogens with zero attached hydrogens (tertiary/aromatic N) is 8. The Kier molecular flexibility index (Phi) is 15.7.